The molecular formula is C20H42IN5O. The van der Waals surface area contributed by atoms with Gasteiger partial charge in [0, 0.05) is 51.9 Å². The molecular weight excluding hydrogens is 453 g/mol. The molecule has 2 aliphatic rings. The number of hydrogen-bond acceptors (Lipinski definition) is 4. The Bertz CT molecular complexity index is 427. The van der Waals surface area contributed by atoms with E-state index in [4.69, 9.17) is 9.73 Å². The fourth-order valence-corrected chi connectivity index (χ4v) is 3.94. The van der Waals surface area contributed by atoms with Gasteiger partial charge in [0.25, 0.3) is 0 Å². The molecule has 0 aromatic carbocycles. The zero-order chi connectivity index (χ0) is 18.9. The second-order valence-corrected chi connectivity index (χ2v) is 8.27. The first-order chi connectivity index (χ1) is 12.5. The zero-order valence-corrected chi connectivity index (χ0v) is 20.4. The number of likely N-dealkylation sites (tertiary alicyclic amines) is 2. The van der Waals surface area contributed by atoms with Gasteiger partial charge in [0.2, 0.25) is 0 Å². The van der Waals surface area contributed by atoms with Crippen LogP contribution in [0, 0.1) is 11.8 Å². The van der Waals surface area contributed by atoms with Crippen molar-refractivity contribution in [3.8, 4) is 0 Å². The van der Waals surface area contributed by atoms with Crippen LogP contribution in [0.25, 0.3) is 0 Å². The first-order valence-corrected chi connectivity index (χ1v) is 10.5. The fraction of sp³-hybridized carbons (Fsp3) is 0.950. The third-order valence-electron chi connectivity index (χ3n) is 5.86. The van der Waals surface area contributed by atoms with Crippen molar-refractivity contribution in [2.75, 3.05) is 59.5 Å². The highest BCUT2D eigenvalue weighted by atomic mass is 127. The normalized spacial score (nSPS) is 25.6. The minimum atomic E-state index is 0. The van der Waals surface area contributed by atoms with Gasteiger partial charge in [-0.1, -0.05) is 6.92 Å². The first-order valence-electron chi connectivity index (χ1n) is 10.5. The molecule has 0 bridgehead atoms. The largest absolute Gasteiger partial charge is 0.383 e. The molecule has 0 radical (unpaired) electrons. The Morgan fingerprint density at radius 2 is 1.93 bits per heavy atom. The average Bonchev–Trinajstić information content (AvgIpc) is 3.00. The number of hydrogen-bond donors (Lipinski definition) is 2. The lowest BCUT2D eigenvalue weighted by molar-refractivity contribution is 0.121. The lowest BCUT2D eigenvalue weighted by Crippen LogP contribution is -2.47. The molecule has 2 atom stereocenters. The Balaban J connectivity index is 0.00000364. The highest BCUT2D eigenvalue weighted by Gasteiger charge is 2.31. The van der Waals surface area contributed by atoms with E-state index in [9.17, 15) is 0 Å². The second-order valence-electron chi connectivity index (χ2n) is 8.27. The van der Waals surface area contributed by atoms with Crippen molar-refractivity contribution in [2.24, 2.45) is 16.8 Å². The number of guanidine groups is 1. The van der Waals surface area contributed by atoms with E-state index in [1.807, 2.05) is 0 Å². The van der Waals surface area contributed by atoms with Crippen LogP contribution in [0.2, 0.25) is 0 Å². The highest BCUT2D eigenvalue weighted by molar-refractivity contribution is 14.0. The molecule has 2 fully saturated rings. The Labute approximate surface area is 183 Å². The number of rotatable bonds is 8. The van der Waals surface area contributed by atoms with Crippen LogP contribution >= 0.6 is 24.0 Å². The molecule has 0 aliphatic carbocycles. The number of methoxy groups -OCH3 is 1. The van der Waals surface area contributed by atoms with Crippen LogP contribution in [0.4, 0.5) is 0 Å². The summed E-state index contributed by atoms with van der Waals surface area (Å²) in [6.45, 7) is 17.4. The van der Waals surface area contributed by atoms with E-state index in [2.05, 4.69) is 48.1 Å². The van der Waals surface area contributed by atoms with Gasteiger partial charge in [-0.3, -0.25) is 9.89 Å². The summed E-state index contributed by atoms with van der Waals surface area (Å²) in [5.74, 6) is 2.36. The standard InChI is InChI=1S/C20H41N5O.HI/c1-6-21-20(23-19-15-25(16(2)3)14-17(19)4)22-13-18-7-9-24(10-8-18)11-12-26-5;/h16-19H,6-15H2,1-5H3,(H2,21,22,23);1H. The SMILES string of the molecule is CCNC(=NCC1CCN(CCOC)CC1)NC1CN(C(C)C)CC1C.I. The smallest absolute Gasteiger partial charge is 0.191 e. The molecule has 2 rings (SSSR count). The summed E-state index contributed by atoms with van der Waals surface area (Å²) in [7, 11) is 1.78. The molecule has 0 amide bonds. The third kappa shape index (κ3) is 8.41. The van der Waals surface area contributed by atoms with Crippen LogP contribution in [0.1, 0.15) is 40.5 Å². The maximum absolute atomic E-state index is 5.19. The summed E-state index contributed by atoms with van der Waals surface area (Å²) >= 11 is 0. The maximum atomic E-state index is 5.19. The molecule has 160 valence electrons. The van der Waals surface area contributed by atoms with E-state index < -0.39 is 0 Å². The predicted molar refractivity (Wildman–Crippen MR) is 125 cm³/mol. The van der Waals surface area contributed by atoms with Crippen LogP contribution in [-0.4, -0.2) is 87.4 Å². The number of aliphatic imine (C=N–C) groups is 1. The molecule has 2 unspecified atom stereocenters. The number of halogens is 1. The summed E-state index contributed by atoms with van der Waals surface area (Å²) in [4.78, 5) is 9.99. The molecule has 0 spiro atoms. The van der Waals surface area contributed by atoms with Crippen LogP contribution < -0.4 is 10.6 Å². The van der Waals surface area contributed by atoms with Crippen molar-refractivity contribution in [1.82, 2.24) is 20.4 Å². The first kappa shape index (κ1) is 24.9. The van der Waals surface area contributed by atoms with Crippen molar-refractivity contribution in [1.29, 1.82) is 0 Å². The van der Waals surface area contributed by atoms with Gasteiger partial charge in [-0.2, -0.15) is 0 Å². The summed E-state index contributed by atoms with van der Waals surface area (Å²) < 4.78 is 5.19. The number of piperidine rings is 1. The number of nitrogens with zero attached hydrogens (tertiary/aromatic N) is 3. The van der Waals surface area contributed by atoms with Crippen molar-refractivity contribution >= 4 is 29.9 Å². The Hall–Kier alpha value is -0.120. The molecule has 0 aromatic rings. The second kappa shape index (κ2) is 13.2. The summed E-state index contributed by atoms with van der Waals surface area (Å²) in [5.41, 5.74) is 0. The molecule has 27 heavy (non-hydrogen) atoms. The minimum absolute atomic E-state index is 0. The molecule has 0 aromatic heterocycles. The van der Waals surface area contributed by atoms with Gasteiger partial charge in [-0.15, -0.1) is 24.0 Å². The lowest BCUT2D eigenvalue weighted by Gasteiger charge is -2.31. The Morgan fingerprint density at radius 1 is 1.22 bits per heavy atom. The zero-order valence-electron chi connectivity index (χ0n) is 18.0. The Kier molecular flexibility index (Phi) is 12.2. The third-order valence-corrected chi connectivity index (χ3v) is 5.86. The van der Waals surface area contributed by atoms with E-state index >= 15 is 0 Å². The summed E-state index contributed by atoms with van der Waals surface area (Å²) in [6.07, 6.45) is 2.49. The van der Waals surface area contributed by atoms with Crippen molar-refractivity contribution in [2.45, 2.75) is 52.6 Å². The van der Waals surface area contributed by atoms with Gasteiger partial charge in [0.05, 0.1) is 6.61 Å². The minimum Gasteiger partial charge on any atom is -0.383 e. The van der Waals surface area contributed by atoms with Gasteiger partial charge in [0.15, 0.2) is 5.96 Å². The van der Waals surface area contributed by atoms with Gasteiger partial charge in [-0.25, -0.2) is 0 Å². The molecule has 7 heteroatoms. The average molecular weight is 495 g/mol. The van der Waals surface area contributed by atoms with Crippen molar-refractivity contribution < 1.29 is 4.74 Å². The molecule has 2 saturated heterocycles. The number of nitrogens with one attached hydrogen (secondary N) is 2. The predicted octanol–water partition coefficient (Wildman–Crippen LogP) is 2.25. The number of ether oxygens (including phenoxy) is 1. The monoisotopic (exact) mass is 495 g/mol. The van der Waals surface area contributed by atoms with Gasteiger partial charge in [-0.05, 0) is 58.5 Å². The molecule has 0 saturated carbocycles. The van der Waals surface area contributed by atoms with E-state index in [-0.39, 0.29) is 24.0 Å². The van der Waals surface area contributed by atoms with Gasteiger partial charge in [0.1, 0.15) is 0 Å². The Morgan fingerprint density at radius 3 is 2.48 bits per heavy atom. The van der Waals surface area contributed by atoms with E-state index in [0.29, 0.717) is 23.9 Å². The van der Waals surface area contributed by atoms with Crippen LogP contribution in [0.5, 0.6) is 0 Å². The van der Waals surface area contributed by atoms with Crippen molar-refractivity contribution in [3.63, 3.8) is 0 Å². The topological polar surface area (TPSA) is 52.1 Å². The fourth-order valence-electron chi connectivity index (χ4n) is 3.94. The highest BCUT2D eigenvalue weighted by Crippen LogP contribution is 2.19. The van der Waals surface area contributed by atoms with E-state index in [1.165, 1.54) is 32.5 Å². The molecule has 2 aliphatic heterocycles. The maximum Gasteiger partial charge on any atom is 0.191 e. The summed E-state index contributed by atoms with van der Waals surface area (Å²) in [6, 6.07) is 1.11. The summed E-state index contributed by atoms with van der Waals surface area (Å²) in [5, 5.41) is 7.14. The van der Waals surface area contributed by atoms with E-state index in [0.717, 1.165) is 38.7 Å². The van der Waals surface area contributed by atoms with Crippen LogP contribution in [-0.2, 0) is 4.74 Å². The van der Waals surface area contributed by atoms with E-state index in [1.54, 1.807) is 7.11 Å². The molecule has 6 nitrogen and oxygen atoms in total. The van der Waals surface area contributed by atoms with Gasteiger partial charge >= 0.3 is 0 Å². The van der Waals surface area contributed by atoms with Crippen molar-refractivity contribution in [3.05, 3.63) is 0 Å². The molecule has 2 heterocycles. The molecule has 2 N–H and O–H groups in total. The van der Waals surface area contributed by atoms with Crippen LogP contribution in [0.15, 0.2) is 4.99 Å². The van der Waals surface area contributed by atoms with Crippen LogP contribution in [0.3, 0.4) is 0 Å². The van der Waals surface area contributed by atoms with Gasteiger partial charge < -0.3 is 20.3 Å². The lowest BCUT2D eigenvalue weighted by atomic mass is 9.97. The quantitative estimate of drug-likeness (QED) is 0.308.